The van der Waals surface area contributed by atoms with Crippen molar-refractivity contribution in [2.45, 2.75) is 6.92 Å². The summed E-state index contributed by atoms with van der Waals surface area (Å²) in [6.45, 7) is 1.85. The Hall–Kier alpha value is -2.64. The molecule has 1 amide bonds. The minimum absolute atomic E-state index is 0.151. The van der Waals surface area contributed by atoms with Crippen LogP contribution in [0.1, 0.15) is 15.9 Å². The van der Waals surface area contributed by atoms with E-state index in [1.807, 2.05) is 31.2 Å². The summed E-state index contributed by atoms with van der Waals surface area (Å²) in [6.07, 6.45) is 1.21. The second kappa shape index (κ2) is 7.54. The van der Waals surface area contributed by atoms with E-state index < -0.39 is 17.2 Å². The van der Waals surface area contributed by atoms with Crippen LogP contribution in [0.4, 0.5) is 5.69 Å². The summed E-state index contributed by atoms with van der Waals surface area (Å²) >= 11 is 9.80. The zero-order valence-corrected chi connectivity index (χ0v) is 16.8. The molecule has 6 nitrogen and oxygen atoms in total. The highest BCUT2D eigenvalue weighted by Crippen LogP contribution is 2.37. The summed E-state index contributed by atoms with van der Waals surface area (Å²) < 4.78 is 1.91. The second-order valence-corrected chi connectivity index (χ2v) is 7.18. The first-order valence-electron chi connectivity index (χ1n) is 7.95. The van der Waals surface area contributed by atoms with Crippen LogP contribution in [0.3, 0.4) is 0 Å². The third kappa shape index (κ3) is 3.74. The van der Waals surface area contributed by atoms with Crippen LogP contribution in [-0.2, 0) is 7.05 Å². The van der Waals surface area contributed by atoms with E-state index >= 15 is 0 Å². The largest absolute Gasteiger partial charge is 0.328 e. The summed E-state index contributed by atoms with van der Waals surface area (Å²) in [6, 6.07) is 11.0. The average molecular weight is 449 g/mol. The molecule has 2 N–H and O–H groups in total. The highest BCUT2D eigenvalue weighted by atomic mass is 79.9. The van der Waals surface area contributed by atoms with E-state index in [0.29, 0.717) is 10.7 Å². The number of aromatic amines is 1. The van der Waals surface area contributed by atoms with Gasteiger partial charge in [-0.3, -0.25) is 14.6 Å². The third-order valence-corrected chi connectivity index (χ3v) is 5.47. The number of H-pyrrole nitrogens is 1. The standard InChI is InChI=1S/C19H15BrClN3O3/c1-10-11(12-6-3-7-14(20)16(12)21)5-4-8-15(10)22-17(25)13-9-24(2)19(27)23-18(13)26/h3-9H,1-2H3,(H,22,25)(H,23,26,27). The lowest BCUT2D eigenvalue weighted by molar-refractivity contribution is 0.102. The number of aryl methyl sites for hydroxylation is 1. The summed E-state index contributed by atoms with van der Waals surface area (Å²) in [5, 5.41) is 3.30. The SMILES string of the molecule is Cc1c(NC(=O)c2cn(C)c(=O)[nH]c2=O)cccc1-c1cccc(Br)c1Cl. The fraction of sp³-hybridized carbons (Fsp3) is 0.105. The van der Waals surface area contributed by atoms with Crippen LogP contribution in [-0.4, -0.2) is 15.5 Å². The zero-order chi connectivity index (χ0) is 19.7. The number of hydrogen-bond acceptors (Lipinski definition) is 3. The molecule has 8 heteroatoms. The number of amides is 1. The van der Waals surface area contributed by atoms with Crippen molar-refractivity contribution in [2.24, 2.45) is 7.05 Å². The van der Waals surface area contributed by atoms with Gasteiger partial charge in [0.25, 0.3) is 11.5 Å². The molecule has 0 aliphatic heterocycles. The lowest BCUT2D eigenvalue weighted by atomic mass is 9.99. The summed E-state index contributed by atoms with van der Waals surface area (Å²) in [7, 11) is 1.45. The number of aromatic nitrogens is 2. The first-order chi connectivity index (χ1) is 12.8. The molecular weight excluding hydrogens is 434 g/mol. The van der Waals surface area contributed by atoms with E-state index in [9.17, 15) is 14.4 Å². The Kier molecular flexibility index (Phi) is 5.34. The highest BCUT2D eigenvalue weighted by molar-refractivity contribution is 9.10. The van der Waals surface area contributed by atoms with Crippen LogP contribution >= 0.6 is 27.5 Å². The number of halogens is 2. The fourth-order valence-corrected chi connectivity index (χ4v) is 3.28. The molecule has 0 saturated heterocycles. The molecular formula is C19H15BrClN3O3. The summed E-state index contributed by atoms with van der Waals surface area (Å²) in [5.41, 5.74) is 1.54. The van der Waals surface area contributed by atoms with Gasteiger partial charge in [0.05, 0.1) is 5.02 Å². The maximum Gasteiger partial charge on any atom is 0.328 e. The smallest absolute Gasteiger partial charge is 0.322 e. The molecule has 27 heavy (non-hydrogen) atoms. The monoisotopic (exact) mass is 447 g/mol. The van der Waals surface area contributed by atoms with Crippen molar-refractivity contribution < 1.29 is 4.79 Å². The van der Waals surface area contributed by atoms with Gasteiger partial charge in [-0.15, -0.1) is 0 Å². The van der Waals surface area contributed by atoms with E-state index in [4.69, 9.17) is 11.6 Å². The van der Waals surface area contributed by atoms with E-state index in [2.05, 4.69) is 26.2 Å². The number of anilines is 1. The third-order valence-electron chi connectivity index (χ3n) is 4.18. The van der Waals surface area contributed by atoms with Crippen LogP contribution in [0.15, 0.2) is 56.7 Å². The lowest BCUT2D eigenvalue weighted by Crippen LogP contribution is -2.33. The van der Waals surface area contributed by atoms with Gasteiger partial charge in [0.2, 0.25) is 0 Å². The van der Waals surface area contributed by atoms with E-state index in [0.717, 1.165) is 25.7 Å². The van der Waals surface area contributed by atoms with Crippen molar-refractivity contribution in [3.8, 4) is 11.1 Å². The predicted octanol–water partition coefficient (Wildman–Crippen LogP) is 3.72. The van der Waals surface area contributed by atoms with Gasteiger partial charge in [0.15, 0.2) is 0 Å². The number of carbonyl (C=O) groups is 1. The Morgan fingerprint density at radius 1 is 1.15 bits per heavy atom. The molecule has 0 aliphatic rings. The Labute approximate surface area is 167 Å². The van der Waals surface area contributed by atoms with Crippen LogP contribution in [0.25, 0.3) is 11.1 Å². The molecule has 0 aliphatic carbocycles. The minimum atomic E-state index is -0.737. The molecule has 2 aromatic carbocycles. The number of rotatable bonds is 3. The number of nitrogens with one attached hydrogen (secondary N) is 2. The second-order valence-electron chi connectivity index (χ2n) is 5.95. The Morgan fingerprint density at radius 2 is 1.81 bits per heavy atom. The summed E-state index contributed by atoms with van der Waals surface area (Å²) in [4.78, 5) is 38.0. The molecule has 1 aromatic heterocycles. The number of benzene rings is 2. The fourth-order valence-electron chi connectivity index (χ4n) is 2.69. The first-order valence-corrected chi connectivity index (χ1v) is 9.12. The molecule has 0 saturated carbocycles. The molecule has 138 valence electrons. The first kappa shape index (κ1) is 19.1. The molecule has 1 heterocycles. The summed E-state index contributed by atoms with van der Waals surface area (Å²) in [5.74, 6) is -0.604. The van der Waals surface area contributed by atoms with Crippen molar-refractivity contribution in [1.82, 2.24) is 9.55 Å². The van der Waals surface area contributed by atoms with Crippen LogP contribution < -0.4 is 16.6 Å². The predicted molar refractivity (Wildman–Crippen MR) is 110 cm³/mol. The van der Waals surface area contributed by atoms with Gasteiger partial charge in [0.1, 0.15) is 5.56 Å². The van der Waals surface area contributed by atoms with Gasteiger partial charge < -0.3 is 9.88 Å². The van der Waals surface area contributed by atoms with E-state index in [-0.39, 0.29) is 5.56 Å². The van der Waals surface area contributed by atoms with E-state index in [1.54, 1.807) is 12.1 Å². The molecule has 0 bridgehead atoms. The van der Waals surface area contributed by atoms with Crippen molar-refractivity contribution >= 4 is 39.1 Å². The molecule has 0 atom stereocenters. The molecule has 3 rings (SSSR count). The van der Waals surface area contributed by atoms with Crippen molar-refractivity contribution in [2.75, 3.05) is 5.32 Å². The molecule has 0 unspecified atom stereocenters. The molecule has 0 radical (unpaired) electrons. The number of carbonyl (C=O) groups excluding carboxylic acids is 1. The maximum absolute atomic E-state index is 12.5. The minimum Gasteiger partial charge on any atom is -0.322 e. The number of hydrogen-bond donors (Lipinski definition) is 2. The Balaban J connectivity index is 2.01. The molecule has 0 spiro atoms. The topological polar surface area (TPSA) is 84.0 Å². The van der Waals surface area contributed by atoms with Crippen LogP contribution in [0.2, 0.25) is 5.02 Å². The molecule has 0 fully saturated rings. The Bertz CT molecular complexity index is 1170. The average Bonchev–Trinajstić information content (AvgIpc) is 2.62. The van der Waals surface area contributed by atoms with Gasteiger partial charge in [-0.05, 0) is 46.1 Å². The molecule has 3 aromatic rings. The van der Waals surface area contributed by atoms with Gasteiger partial charge in [0, 0.05) is 29.0 Å². The number of nitrogens with zero attached hydrogens (tertiary/aromatic N) is 1. The maximum atomic E-state index is 12.5. The van der Waals surface area contributed by atoms with Gasteiger partial charge in [-0.25, -0.2) is 4.79 Å². The lowest BCUT2D eigenvalue weighted by Gasteiger charge is -2.14. The van der Waals surface area contributed by atoms with Crippen LogP contribution in [0.5, 0.6) is 0 Å². The van der Waals surface area contributed by atoms with Gasteiger partial charge in [-0.1, -0.05) is 35.9 Å². The highest BCUT2D eigenvalue weighted by Gasteiger charge is 2.16. The van der Waals surface area contributed by atoms with E-state index in [1.165, 1.54) is 13.2 Å². The van der Waals surface area contributed by atoms with Crippen LogP contribution in [0, 0.1) is 6.92 Å². The Morgan fingerprint density at radius 3 is 2.56 bits per heavy atom. The van der Waals surface area contributed by atoms with Gasteiger partial charge in [-0.2, -0.15) is 0 Å². The van der Waals surface area contributed by atoms with Crippen molar-refractivity contribution in [1.29, 1.82) is 0 Å². The quantitative estimate of drug-likeness (QED) is 0.640. The van der Waals surface area contributed by atoms with Gasteiger partial charge >= 0.3 is 5.69 Å². The van der Waals surface area contributed by atoms with Crippen molar-refractivity contribution in [3.05, 3.63) is 84.1 Å². The van der Waals surface area contributed by atoms with Crippen molar-refractivity contribution in [3.63, 3.8) is 0 Å². The normalized spacial score (nSPS) is 10.7. The zero-order valence-electron chi connectivity index (χ0n) is 14.5.